The van der Waals surface area contributed by atoms with Crippen molar-refractivity contribution in [1.82, 2.24) is 0 Å². The fraction of sp³-hybridized carbons (Fsp3) is 0.462. The van der Waals surface area contributed by atoms with Crippen molar-refractivity contribution >= 4 is 23.2 Å². The SMILES string of the molecule is CCC(C)C(N)C(=O)Nc1c(Cl)cccc1C(F)(F)F. The molecule has 1 aromatic carbocycles. The number of rotatable bonds is 4. The number of hydrogen-bond donors (Lipinski definition) is 2. The van der Waals surface area contributed by atoms with Crippen molar-refractivity contribution in [3.8, 4) is 0 Å². The van der Waals surface area contributed by atoms with Gasteiger partial charge in [-0.25, -0.2) is 0 Å². The standard InChI is InChI=1S/C13H16ClF3N2O/c1-3-7(2)10(18)12(20)19-11-8(13(15,16)17)5-4-6-9(11)14/h4-7,10H,3,18H2,1-2H3,(H,19,20). The van der Waals surface area contributed by atoms with Crippen molar-refractivity contribution < 1.29 is 18.0 Å². The van der Waals surface area contributed by atoms with Crippen LogP contribution in [-0.4, -0.2) is 11.9 Å². The summed E-state index contributed by atoms with van der Waals surface area (Å²) in [6, 6.07) is 2.42. The van der Waals surface area contributed by atoms with Crippen LogP contribution in [0.3, 0.4) is 0 Å². The molecule has 0 heterocycles. The van der Waals surface area contributed by atoms with E-state index in [1.54, 1.807) is 6.92 Å². The number of carbonyl (C=O) groups is 1. The van der Waals surface area contributed by atoms with E-state index < -0.39 is 29.4 Å². The summed E-state index contributed by atoms with van der Waals surface area (Å²) in [6.45, 7) is 3.59. The van der Waals surface area contributed by atoms with E-state index in [-0.39, 0.29) is 10.9 Å². The third-order valence-electron chi connectivity index (χ3n) is 3.13. The average molecular weight is 309 g/mol. The van der Waals surface area contributed by atoms with Gasteiger partial charge in [-0.2, -0.15) is 13.2 Å². The number of hydrogen-bond acceptors (Lipinski definition) is 2. The third kappa shape index (κ3) is 3.86. The minimum absolute atomic E-state index is 0.146. The fourth-order valence-corrected chi connectivity index (χ4v) is 1.83. The van der Waals surface area contributed by atoms with Crippen LogP contribution in [0.4, 0.5) is 18.9 Å². The Morgan fingerprint density at radius 2 is 2.05 bits per heavy atom. The van der Waals surface area contributed by atoms with Crippen molar-refractivity contribution in [1.29, 1.82) is 0 Å². The van der Waals surface area contributed by atoms with Gasteiger partial charge in [0.25, 0.3) is 0 Å². The molecular weight excluding hydrogens is 293 g/mol. The first kappa shape index (κ1) is 16.8. The van der Waals surface area contributed by atoms with Crippen LogP contribution in [0.1, 0.15) is 25.8 Å². The summed E-state index contributed by atoms with van der Waals surface area (Å²) in [5.41, 5.74) is 4.25. The Balaban J connectivity index is 3.06. The van der Waals surface area contributed by atoms with Crippen LogP contribution in [0.2, 0.25) is 5.02 Å². The summed E-state index contributed by atoms with van der Waals surface area (Å²) >= 11 is 5.74. The molecule has 3 nitrogen and oxygen atoms in total. The largest absolute Gasteiger partial charge is 0.418 e. The van der Waals surface area contributed by atoms with E-state index in [2.05, 4.69) is 5.32 Å². The molecule has 0 spiro atoms. The van der Waals surface area contributed by atoms with Gasteiger partial charge in [0.1, 0.15) is 0 Å². The smallest absolute Gasteiger partial charge is 0.323 e. The van der Waals surface area contributed by atoms with E-state index >= 15 is 0 Å². The molecule has 1 amide bonds. The first-order chi connectivity index (χ1) is 9.18. The van der Waals surface area contributed by atoms with Crippen molar-refractivity contribution in [3.05, 3.63) is 28.8 Å². The molecule has 0 aliphatic heterocycles. The minimum atomic E-state index is -4.60. The van der Waals surface area contributed by atoms with Gasteiger partial charge < -0.3 is 11.1 Å². The topological polar surface area (TPSA) is 55.1 Å². The Hall–Kier alpha value is -1.27. The maximum atomic E-state index is 12.9. The van der Waals surface area contributed by atoms with Crippen LogP contribution < -0.4 is 11.1 Å². The second-order valence-electron chi connectivity index (χ2n) is 4.56. The summed E-state index contributed by atoms with van der Waals surface area (Å²) in [4.78, 5) is 11.9. The molecule has 1 aromatic rings. The van der Waals surface area contributed by atoms with Gasteiger partial charge >= 0.3 is 6.18 Å². The van der Waals surface area contributed by atoms with E-state index in [0.717, 1.165) is 6.07 Å². The lowest BCUT2D eigenvalue weighted by Gasteiger charge is -2.20. The molecule has 0 saturated heterocycles. The molecule has 112 valence electrons. The highest BCUT2D eigenvalue weighted by atomic mass is 35.5. The lowest BCUT2D eigenvalue weighted by Crippen LogP contribution is -2.41. The van der Waals surface area contributed by atoms with Gasteiger partial charge in [0, 0.05) is 0 Å². The third-order valence-corrected chi connectivity index (χ3v) is 3.44. The van der Waals surface area contributed by atoms with Gasteiger partial charge in [0.2, 0.25) is 5.91 Å². The number of nitrogens with two attached hydrogens (primary N) is 1. The minimum Gasteiger partial charge on any atom is -0.323 e. The highest BCUT2D eigenvalue weighted by Gasteiger charge is 2.35. The molecule has 0 aliphatic rings. The van der Waals surface area contributed by atoms with Crippen molar-refractivity contribution in [2.24, 2.45) is 11.7 Å². The van der Waals surface area contributed by atoms with E-state index in [1.807, 2.05) is 6.92 Å². The predicted molar refractivity (Wildman–Crippen MR) is 72.5 cm³/mol. The normalized spacial score (nSPS) is 14.8. The molecule has 3 N–H and O–H groups in total. The highest BCUT2D eigenvalue weighted by Crippen LogP contribution is 2.38. The number of nitrogens with one attached hydrogen (secondary N) is 1. The summed E-state index contributed by atoms with van der Waals surface area (Å²) in [5.74, 6) is -0.829. The van der Waals surface area contributed by atoms with E-state index in [9.17, 15) is 18.0 Å². The summed E-state index contributed by atoms with van der Waals surface area (Å²) in [5, 5.41) is 2.01. The van der Waals surface area contributed by atoms with Gasteiger partial charge in [-0.05, 0) is 18.1 Å². The van der Waals surface area contributed by atoms with Crippen molar-refractivity contribution in [2.75, 3.05) is 5.32 Å². The molecular formula is C13H16ClF3N2O. The lowest BCUT2D eigenvalue weighted by molar-refractivity contribution is -0.137. The summed E-state index contributed by atoms with van der Waals surface area (Å²) in [6.07, 6.45) is -3.96. The number of anilines is 1. The molecule has 0 radical (unpaired) electrons. The molecule has 7 heteroatoms. The molecule has 2 atom stereocenters. The molecule has 20 heavy (non-hydrogen) atoms. The second-order valence-corrected chi connectivity index (χ2v) is 4.97. The number of halogens is 4. The number of carbonyl (C=O) groups excluding carboxylic acids is 1. The van der Waals surface area contributed by atoms with Crippen LogP contribution >= 0.6 is 11.6 Å². The second kappa shape index (κ2) is 6.45. The lowest BCUT2D eigenvalue weighted by atomic mass is 9.99. The van der Waals surface area contributed by atoms with Gasteiger partial charge in [0.15, 0.2) is 0 Å². The number of benzene rings is 1. The van der Waals surface area contributed by atoms with Gasteiger partial charge in [-0.15, -0.1) is 0 Å². The Labute approximate surface area is 120 Å². The van der Waals surface area contributed by atoms with Gasteiger partial charge in [-0.1, -0.05) is 37.9 Å². The first-order valence-electron chi connectivity index (χ1n) is 6.10. The number of para-hydroxylation sites is 1. The maximum absolute atomic E-state index is 12.9. The monoisotopic (exact) mass is 308 g/mol. The maximum Gasteiger partial charge on any atom is 0.418 e. The fourth-order valence-electron chi connectivity index (χ4n) is 1.61. The zero-order valence-corrected chi connectivity index (χ0v) is 11.8. The Morgan fingerprint density at radius 3 is 2.55 bits per heavy atom. The molecule has 1 rings (SSSR count). The van der Waals surface area contributed by atoms with E-state index in [1.165, 1.54) is 12.1 Å². The van der Waals surface area contributed by atoms with Crippen LogP contribution in [0.25, 0.3) is 0 Å². The highest BCUT2D eigenvalue weighted by molar-refractivity contribution is 6.34. The van der Waals surface area contributed by atoms with Crippen LogP contribution in [0.15, 0.2) is 18.2 Å². The zero-order valence-electron chi connectivity index (χ0n) is 11.1. The Kier molecular flexibility index (Phi) is 5.42. The molecule has 0 aliphatic carbocycles. The molecule has 2 unspecified atom stereocenters. The van der Waals surface area contributed by atoms with Crippen LogP contribution in [0.5, 0.6) is 0 Å². The van der Waals surface area contributed by atoms with E-state index in [0.29, 0.717) is 6.42 Å². The summed E-state index contributed by atoms with van der Waals surface area (Å²) in [7, 11) is 0. The Bertz CT molecular complexity index is 491. The zero-order chi connectivity index (χ0) is 15.5. The van der Waals surface area contributed by atoms with Crippen LogP contribution in [0, 0.1) is 5.92 Å². The van der Waals surface area contributed by atoms with Gasteiger partial charge in [-0.3, -0.25) is 4.79 Å². The average Bonchev–Trinajstić information content (AvgIpc) is 2.37. The Morgan fingerprint density at radius 1 is 1.45 bits per heavy atom. The van der Waals surface area contributed by atoms with Crippen molar-refractivity contribution in [2.45, 2.75) is 32.5 Å². The summed E-state index contributed by atoms with van der Waals surface area (Å²) < 4.78 is 38.6. The molecule has 0 saturated carbocycles. The predicted octanol–water partition coefficient (Wildman–Crippen LogP) is 3.67. The molecule has 0 aromatic heterocycles. The quantitative estimate of drug-likeness (QED) is 0.891. The van der Waals surface area contributed by atoms with Crippen LogP contribution in [-0.2, 0) is 11.0 Å². The molecule has 0 fully saturated rings. The van der Waals surface area contributed by atoms with Gasteiger partial charge in [0.05, 0.1) is 22.3 Å². The number of alkyl halides is 3. The first-order valence-corrected chi connectivity index (χ1v) is 6.48. The van der Waals surface area contributed by atoms with E-state index in [4.69, 9.17) is 17.3 Å². The molecule has 0 bridgehead atoms. The van der Waals surface area contributed by atoms with Crippen molar-refractivity contribution in [3.63, 3.8) is 0 Å². The number of amides is 1.